The average Bonchev–Trinajstić information content (AvgIpc) is 2.41. The number of halogens is 4. The van der Waals surface area contributed by atoms with Crippen molar-refractivity contribution < 1.29 is 17.9 Å². The summed E-state index contributed by atoms with van der Waals surface area (Å²) in [5.74, 6) is 0.506. The van der Waals surface area contributed by atoms with Gasteiger partial charge < -0.3 is 4.74 Å². The Kier molecular flexibility index (Phi) is 4.23. The number of benzene rings is 2. The van der Waals surface area contributed by atoms with E-state index in [0.29, 0.717) is 10.6 Å². The molecule has 0 unspecified atom stereocenters. The maximum atomic E-state index is 13.3. The Morgan fingerprint density at radius 1 is 0.900 bits per heavy atom. The molecule has 0 N–H and O–H groups in total. The van der Waals surface area contributed by atoms with Crippen molar-refractivity contribution in [3.05, 3.63) is 53.0 Å². The van der Waals surface area contributed by atoms with Gasteiger partial charge in [-0.1, -0.05) is 15.9 Å². The molecule has 0 amide bonds. The van der Waals surface area contributed by atoms with Crippen LogP contribution in [0.15, 0.2) is 53.0 Å². The van der Waals surface area contributed by atoms with Gasteiger partial charge in [-0.25, -0.2) is 0 Å². The topological polar surface area (TPSA) is 12.5 Å². The van der Waals surface area contributed by atoms with E-state index in [9.17, 15) is 13.2 Å². The molecule has 0 aromatic heterocycles. The number of alkyl halides is 3. The van der Waals surface area contributed by atoms with Crippen LogP contribution in [0.25, 0.3) is 0 Å². The van der Waals surface area contributed by atoms with E-state index >= 15 is 0 Å². The number of ether oxygens (including phenoxy) is 1. The molecule has 0 heterocycles. The summed E-state index contributed by atoms with van der Waals surface area (Å²) in [5.41, 5.74) is 0.0755. The quantitative estimate of drug-likeness (QED) is 0.716. The minimum absolute atomic E-state index is 0.0284. The zero-order valence-electron chi connectivity index (χ0n) is 10.5. The summed E-state index contributed by atoms with van der Waals surface area (Å²) in [7, 11) is 1.46. The first-order valence-electron chi connectivity index (χ1n) is 5.68. The Morgan fingerprint density at radius 2 is 1.35 bits per heavy atom. The van der Waals surface area contributed by atoms with Gasteiger partial charge in [-0.15, -0.1) is 13.2 Å². The molecule has 106 valence electrons. The van der Waals surface area contributed by atoms with Crippen LogP contribution >= 0.6 is 15.9 Å². The van der Waals surface area contributed by atoms with Crippen LogP contribution < -0.4 is 9.64 Å². The molecule has 0 aliphatic carbocycles. The molecule has 0 spiro atoms. The highest BCUT2D eigenvalue weighted by molar-refractivity contribution is 9.10. The van der Waals surface area contributed by atoms with Crippen LogP contribution in [0.2, 0.25) is 0 Å². The number of rotatable bonds is 3. The number of hydrogen-bond acceptors (Lipinski definition) is 2. The zero-order chi connectivity index (χ0) is 14.8. The molecule has 0 aliphatic rings. The monoisotopic (exact) mass is 345 g/mol. The predicted molar refractivity (Wildman–Crippen MR) is 75.3 cm³/mol. The van der Waals surface area contributed by atoms with Gasteiger partial charge in [-0.3, -0.25) is 4.90 Å². The first-order valence-corrected chi connectivity index (χ1v) is 6.47. The third kappa shape index (κ3) is 3.25. The van der Waals surface area contributed by atoms with E-state index in [1.165, 1.54) is 43.5 Å². The van der Waals surface area contributed by atoms with Crippen LogP contribution in [-0.2, 0) is 0 Å². The summed E-state index contributed by atoms with van der Waals surface area (Å²) < 4.78 is 45.4. The van der Waals surface area contributed by atoms with E-state index in [1.54, 1.807) is 12.1 Å². The summed E-state index contributed by atoms with van der Waals surface area (Å²) in [5, 5.41) is 0. The van der Waals surface area contributed by atoms with E-state index in [4.69, 9.17) is 4.74 Å². The SMILES string of the molecule is COc1ccc(N(c2ccc(Br)cc2)C(F)(F)F)cc1. The summed E-state index contributed by atoms with van der Waals surface area (Å²) >= 11 is 3.20. The maximum Gasteiger partial charge on any atom is 0.489 e. The summed E-state index contributed by atoms with van der Waals surface area (Å²) in [6.07, 6.45) is -4.51. The minimum Gasteiger partial charge on any atom is -0.497 e. The van der Waals surface area contributed by atoms with Gasteiger partial charge in [0.2, 0.25) is 0 Å². The van der Waals surface area contributed by atoms with Crippen LogP contribution in [0, 0.1) is 0 Å². The fourth-order valence-electron chi connectivity index (χ4n) is 1.76. The van der Waals surface area contributed by atoms with Gasteiger partial charge in [-0.05, 0) is 48.5 Å². The normalized spacial score (nSPS) is 11.2. The first-order chi connectivity index (χ1) is 9.41. The molecule has 0 bridgehead atoms. The molecular weight excluding hydrogens is 335 g/mol. The summed E-state index contributed by atoms with van der Waals surface area (Å²) in [6.45, 7) is 0. The molecule has 0 radical (unpaired) electrons. The molecule has 2 rings (SSSR count). The van der Waals surface area contributed by atoms with Gasteiger partial charge in [0.15, 0.2) is 0 Å². The largest absolute Gasteiger partial charge is 0.497 e. The highest BCUT2D eigenvalue weighted by Gasteiger charge is 2.38. The van der Waals surface area contributed by atoms with Crippen molar-refractivity contribution in [3.8, 4) is 5.75 Å². The molecular formula is C14H11BrF3NO. The number of hydrogen-bond donors (Lipinski definition) is 0. The van der Waals surface area contributed by atoms with Crippen LogP contribution in [0.3, 0.4) is 0 Å². The van der Waals surface area contributed by atoms with Crippen LogP contribution in [-0.4, -0.2) is 13.4 Å². The third-order valence-corrected chi connectivity index (χ3v) is 3.20. The van der Waals surface area contributed by atoms with Crippen molar-refractivity contribution in [3.63, 3.8) is 0 Å². The van der Waals surface area contributed by atoms with Crippen LogP contribution in [0.5, 0.6) is 5.75 Å². The Bertz CT molecular complexity index is 566. The first kappa shape index (κ1) is 14.7. The fraction of sp³-hybridized carbons (Fsp3) is 0.143. The fourth-order valence-corrected chi connectivity index (χ4v) is 2.03. The number of methoxy groups -OCH3 is 1. The lowest BCUT2D eigenvalue weighted by Crippen LogP contribution is -2.33. The van der Waals surface area contributed by atoms with E-state index in [2.05, 4.69) is 15.9 Å². The smallest absolute Gasteiger partial charge is 0.489 e. The molecule has 0 saturated carbocycles. The molecule has 2 aromatic carbocycles. The molecule has 0 fully saturated rings. The number of nitrogens with zero attached hydrogens (tertiary/aromatic N) is 1. The van der Waals surface area contributed by atoms with Gasteiger partial charge in [-0.2, -0.15) is 0 Å². The molecule has 20 heavy (non-hydrogen) atoms. The van der Waals surface area contributed by atoms with Crippen LogP contribution in [0.1, 0.15) is 0 Å². The zero-order valence-corrected chi connectivity index (χ0v) is 12.1. The predicted octanol–water partition coefficient (Wildman–Crippen LogP) is 5.12. The Labute approximate surface area is 122 Å². The molecule has 2 aromatic rings. The highest BCUT2D eigenvalue weighted by Crippen LogP contribution is 2.37. The Hall–Kier alpha value is -1.69. The van der Waals surface area contributed by atoms with Crippen molar-refractivity contribution in [2.24, 2.45) is 0 Å². The van der Waals surface area contributed by atoms with Crippen molar-refractivity contribution in [2.45, 2.75) is 6.30 Å². The Balaban J connectivity index is 2.44. The van der Waals surface area contributed by atoms with E-state index in [0.717, 1.165) is 4.47 Å². The van der Waals surface area contributed by atoms with Crippen molar-refractivity contribution in [1.29, 1.82) is 0 Å². The lowest BCUT2D eigenvalue weighted by Gasteiger charge is -2.27. The molecule has 0 saturated heterocycles. The van der Waals surface area contributed by atoms with Crippen molar-refractivity contribution in [1.82, 2.24) is 0 Å². The summed E-state index contributed by atoms with van der Waals surface area (Å²) in [4.78, 5) is 0.318. The van der Waals surface area contributed by atoms with E-state index < -0.39 is 6.30 Å². The lowest BCUT2D eigenvalue weighted by atomic mass is 10.2. The highest BCUT2D eigenvalue weighted by atomic mass is 79.9. The molecule has 2 nitrogen and oxygen atoms in total. The lowest BCUT2D eigenvalue weighted by molar-refractivity contribution is -0.120. The average molecular weight is 346 g/mol. The second kappa shape index (κ2) is 5.75. The molecule has 0 atom stereocenters. The molecule has 6 heteroatoms. The maximum absolute atomic E-state index is 13.3. The second-order valence-electron chi connectivity index (χ2n) is 3.98. The third-order valence-electron chi connectivity index (χ3n) is 2.67. The van der Waals surface area contributed by atoms with Crippen molar-refractivity contribution in [2.75, 3.05) is 12.0 Å². The standard InChI is InChI=1S/C14H11BrF3NO/c1-20-13-8-6-12(7-9-13)19(14(16,17)18)11-4-2-10(15)3-5-11/h2-9H,1H3. The van der Waals surface area contributed by atoms with E-state index in [1.807, 2.05) is 0 Å². The Morgan fingerprint density at radius 3 is 1.75 bits per heavy atom. The van der Waals surface area contributed by atoms with Gasteiger partial charge >= 0.3 is 6.30 Å². The summed E-state index contributed by atoms with van der Waals surface area (Å²) in [6, 6.07) is 11.7. The molecule has 0 aliphatic heterocycles. The van der Waals surface area contributed by atoms with Gasteiger partial charge in [0, 0.05) is 15.8 Å². The second-order valence-corrected chi connectivity index (χ2v) is 4.89. The van der Waals surface area contributed by atoms with Crippen LogP contribution in [0.4, 0.5) is 24.5 Å². The van der Waals surface area contributed by atoms with Gasteiger partial charge in [0.25, 0.3) is 0 Å². The minimum atomic E-state index is -4.51. The number of anilines is 2. The van der Waals surface area contributed by atoms with Crippen molar-refractivity contribution >= 4 is 27.3 Å². The van der Waals surface area contributed by atoms with Gasteiger partial charge in [0.05, 0.1) is 7.11 Å². The van der Waals surface area contributed by atoms with Gasteiger partial charge in [0.1, 0.15) is 5.75 Å². The van der Waals surface area contributed by atoms with E-state index in [-0.39, 0.29) is 11.4 Å².